The SMILES string of the molecule is O=C(C(c1ccccc1)N1C(=O)CSC1c1ccc(F)cc1)N1CCCC1. The van der Waals surface area contributed by atoms with Crippen LogP contribution in [0, 0.1) is 5.82 Å². The summed E-state index contributed by atoms with van der Waals surface area (Å²) in [7, 11) is 0. The number of hydrogen-bond donors (Lipinski definition) is 0. The van der Waals surface area contributed by atoms with Gasteiger partial charge in [0.25, 0.3) is 0 Å². The van der Waals surface area contributed by atoms with Crippen molar-refractivity contribution in [2.24, 2.45) is 0 Å². The summed E-state index contributed by atoms with van der Waals surface area (Å²) in [4.78, 5) is 29.7. The molecule has 4 nitrogen and oxygen atoms in total. The fourth-order valence-corrected chi connectivity index (χ4v) is 4.97. The van der Waals surface area contributed by atoms with Gasteiger partial charge in [-0.05, 0) is 36.1 Å². The second kappa shape index (κ2) is 7.72. The molecular formula is C21H21FN2O2S. The number of carbonyl (C=O) groups excluding carboxylic acids is 2. The molecule has 0 radical (unpaired) electrons. The molecule has 0 N–H and O–H groups in total. The standard InChI is InChI=1S/C21H21FN2O2S/c22-17-10-8-16(9-11-17)21-24(18(25)14-27-21)19(15-6-2-1-3-7-15)20(26)23-12-4-5-13-23/h1-3,6-11,19,21H,4-5,12-14H2. The number of likely N-dealkylation sites (tertiary alicyclic amines) is 1. The molecule has 2 heterocycles. The first-order chi connectivity index (χ1) is 13.1. The van der Waals surface area contributed by atoms with Crippen molar-refractivity contribution < 1.29 is 14.0 Å². The fraction of sp³-hybridized carbons (Fsp3) is 0.333. The second-order valence-electron chi connectivity index (χ2n) is 6.86. The third kappa shape index (κ3) is 3.58. The largest absolute Gasteiger partial charge is 0.341 e. The van der Waals surface area contributed by atoms with Crippen LogP contribution in [0.15, 0.2) is 54.6 Å². The normalized spacial score (nSPS) is 20.9. The highest BCUT2D eigenvalue weighted by Crippen LogP contribution is 2.44. The Hall–Kier alpha value is -2.34. The summed E-state index contributed by atoms with van der Waals surface area (Å²) in [5.74, 6) is -0.0803. The Balaban J connectivity index is 1.73. The highest BCUT2D eigenvalue weighted by atomic mass is 32.2. The van der Waals surface area contributed by atoms with Crippen LogP contribution in [0.5, 0.6) is 0 Å². The summed E-state index contributed by atoms with van der Waals surface area (Å²) in [6.45, 7) is 1.47. The van der Waals surface area contributed by atoms with E-state index in [1.165, 1.54) is 23.9 Å². The quantitative estimate of drug-likeness (QED) is 0.806. The number of carbonyl (C=O) groups is 2. The minimum Gasteiger partial charge on any atom is -0.341 e. The number of benzene rings is 2. The van der Waals surface area contributed by atoms with E-state index < -0.39 is 6.04 Å². The lowest BCUT2D eigenvalue weighted by atomic mass is 10.0. The van der Waals surface area contributed by atoms with E-state index in [2.05, 4.69) is 0 Å². The van der Waals surface area contributed by atoms with Crippen molar-refractivity contribution in [2.75, 3.05) is 18.8 Å². The van der Waals surface area contributed by atoms with Gasteiger partial charge in [0.15, 0.2) is 0 Å². The van der Waals surface area contributed by atoms with E-state index in [1.807, 2.05) is 35.2 Å². The molecule has 2 unspecified atom stereocenters. The van der Waals surface area contributed by atoms with Crippen LogP contribution in [0.3, 0.4) is 0 Å². The molecule has 2 aromatic carbocycles. The number of hydrogen-bond acceptors (Lipinski definition) is 3. The third-order valence-corrected chi connectivity index (χ3v) is 6.33. The van der Waals surface area contributed by atoms with Crippen LogP contribution >= 0.6 is 11.8 Å². The summed E-state index contributed by atoms with van der Waals surface area (Å²) < 4.78 is 13.4. The van der Waals surface area contributed by atoms with Crippen LogP contribution < -0.4 is 0 Å². The molecule has 27 heavy (non-hydrogen) atoms. The summed E-state index contributed by atoms with van der Waals surface area (Å²) in [6.07, 6.45) is 1.99. The maximum atomic E-state index is 13.4. The fourth-order valence-electron chi connectivity index (χ4n) is 3.77. The zero-order valence-electron chi connectivity index (χ0n) is 14.9. The van der Waals surface area contributed by atoms with Gasteiger partial charge in [-0.2, -0.15) is 0 Å². The molecule has 2 aromatic rings. The average Bonchev–Trinajstić information content (AvgIpc) is 3.35. The molecule has 0 aliphatic carbocycles. The number of rotatable bonds is 4. The topological polar surface area (TPSA) is 40.6 Å². The highest BCUT2D eigenvalue weighted by molar-refractivity contribution is 8.00. The lowest BCUT2D eigenvalue weighted by Gasteiger charge is -2.34. The van der Waals surface area contributed by atoms with Gasteiger partial charge in [0.05, 0.1) is 5.75 Å². The first-order valence-corrected chi connectivity index (χ1v) is 10.2. The van der Waals surface area contributed by atoms with Gasteiger partial charge < -0.3 is 9.80 Å². The van der Waals surface area contributed by atoms with Crippen molar-refractivity contribution in [1.29, 1.82) is 0 Å². The first kappa shape index (κ1) is 18.0. The summed E-state index contributed by atoms with van der Waals surface area (Å²) in [6, 6.07) is 15.0. The predicted molar refractivity (Wildman–Crippen MR) is 103 cm³/mol. The molecule has 0 saturated carbocycles. The van der Waals surface area contributed by atoms with Crippen molar-refractivity contribution >= 4 is 23.6 Å². The van der Waals surface area contributed by atoms with Crippen LogP contribution in [-0.2, 0) is 9.59 Å². The molecule has 2 saturated heterocycles. The molecule has 4 rings (SSSR count). The number of halogens is 1. The summed E-state index contributed by atoms with van der Waals surface area (Å²) in [5.41, 5.74) is 1.65. The van der Waals surface area contributed by atoms with Gasteiger partial charge in [-0.3, -0.25) is 9.59 Å². The van der Waals surface area contributed by atoms with Gasteiger partial charge >= 0.3 is 0 Å². The first-order valence-electron chi connectivity index (χ1n) is 9.17. The van der Waals surface area contributed by atoms with Crippen LogP contribution in [0.2, 0.25) is 0 Å². The van der Waals surface area contributed by atoms with Gasteiger partial charge in [-0.25, -0.2) is 4.39 Å². The highest BCUT2D eigenvalue weighted by Gasteiger charge is 2.43. The van der Waals surface area contributed by atoms with E-state index in [-0.39, 0.29) is 23.0 Å². The lowest BCUT2D eigenvalue weighted by Crippen LogP contribution is -2.43. The van der Waals surface area contributed by atoms with E-state index in [9.17, 15) is 14.0 Å². The summed E-state index contributed by atoms with van der Waals surface area (Å²) >= 11 is 1.48. The van der Waals surface area contributed by atoms with Gasteiger partial charge in [0, 0.05) is 13.1 Å². The Morgan fingerprint density at radius 1 is 1.04 bits per heavy atom. The van der Waals surface area contributed by atoms with E-state index in [0.717, 1.165) is 37.1 Å². The van der Waals surface area contributed by atoms with Crippen molar-refractivity contribution in [2.45, 2.75) is 24.3 Å². The van der Waals surface area contributed by atoms with Gasteiger partial charge in [0.2, 0.25) is 11.8 Å². The Labute approximate surface area is 162 Å². The maximum absolute atomic E-state index is 13.4. The van der Waals surface area contributed by atoms with Crippen LogP contribution in [0.25, 0.3) is 0 Å². The molecule has 2 amide bonds. The Kier molecular flexibility index (Phi) is 5.16. The molecule has 6 heteroatoms. The molecule has 2 aliphatic heterocycles. The smallest absolute Gasteiger partial charge is 0.250 e. The third-order valence-electron chi connectivity index (χ3n) is 5.11. The lowest BCUT2D eigenvalue weighted by molar-refractivity contribution is -0.144. The van der Waals surface area contributed by atoms with Gasteiger partial charge in [-0.15, -0.1) is 11.8 Å². The van der Waals surface area contributed by atoms with E-state index in [4.69, 9.17) is 0 Å². The maximum Gasteiger partial charge on any atom is 0.250 e. The molecule has 2 aliphatic rings. The monoisotopic (exact) mass is 384 g/mol. The van der Waals surface area contributed by atoms with E-state index in [1.54, 1.807) is 17.0 Å². The minimum absolute atomic E-state index is 0.0262. The number of amides is 2. The van der Waals surface area contributed by atoms with Gasteiger partial charge in [-0.1, -0.05) is 42.5 Å². The number of nitrogens with zero attached hydrogens (tertiary/aromatic N) is 2. The molecule has 2 fully saturated rings. The Bertz CT molecular complexity index is 822. The second-order valence-corrected chi connectivity index (χ2v) is 7.93. The molecule has 0 spiro atoms. The average molecular weight is 384 g/mol. The molecule has 0 aromatic heterocycles. The van der Waals surface area contributed by atoms with Crippen LogP contribution in [-0.4, -0.2) is 40.5 Å². The van der Waals surface area contributed by atoms with Crippen molar-refractivity contribution in [3.8, 4) is 0 Å². The zero-order chi connectivity index (χ0) is 18.8. The summed E-state index contributed by atoms with van der Waals surface area (Å²) in [5, 5.41) is -0.296. The van der Waals surface area contributed by atoms with Crippen molar-refractivity contribution in [3.05, 3.63) is 71.5 Å². The molecule has 140 valence electrons. The predicted octanol–water partition coefficient (Wildman–Crippen LogP) is 3.76. The van der Waals surface area contributed by atoms with Crippen LogP contribution in [0.1, 0.15) is 35.4 Å². The minimum atomic E-state index is -0.651. The zero-order valence-corrected chi connectivity index (χ0v) is 15.7. The Morgan fingerprint density at radius 2 is 1.70 bits per heavy atom. The van der Waals surface area contributed by atoms with Crippen molar-refractivity contribution in [1.82, 2.24) is 9.80 Å². The van der Waals surface area contributed by atoms with E-state index >= 15 is 0 Å². The van der Waals surface area contributed by atoms with E-state index in [0.29, 0.717) is 5.75 Å². The van der Waals surface area contributed by atoms with Gasteiger partial charge in [0.1, 0.15) is 17.2 Å². The van der Waals surface area contributed by atoms with Crippen LogP contribution in [0.4, 0.5) is 4.39 Å². The molecular weight excluding hydrogens is 363 g/mol. The molecule has 2 atom stereocenters. The Morgan fingerprint density at radius 3 is 2.37 bits per heavy atom. The van der Waals surface area contributed by atoms with Crippen molar-refractivity contribution in [3.63, 3.8) is 0 Å². The number of thioether (sulfide) groups is 1. The molecule has 0 bridgehead atoms.